The Kier molecular flexibility index (Phi) is 7.43. The molecule has 38 heavy (non-hydrogen) atoms. The van der Waals surface area contributed by atoms with Crippen LogP contribution in [0, 0.1) is 0 Å². The fraction of sp³-hybridized carbons (Fsp3) is 0.235. The molecule has 0 saturated heterocycles. The summed E-state index contributed by atoms with van der Waals surface area (Å²) in [5.41, 5.74) is 2.70. The summed E-state index contributed by atoms with van der Waals surface area (Å²) in [7, 11) is -4.14. The molecule has 2 unspecified atom stereocenters. The number of aliphatic hydroxyl groups excluding tert-OH is 2. The van der Waals surface area contributed by atoms with Crippen LogP contribution in [-0.2, 0) is 0 Å². The molecule has 0 aliphatic carbocycles. The molecule has 0 aliphatic rings. The molecule has 4 heteroatoms. The predicted octanol–water partition coefficient (Wildman–Crippen LogP) is 6.45. The van der Waals surface area contributed by atoms with Gasteiger partial charge in [-0.05, 0) is 32.7 Å². The largest absolute Gasteiger partial charge is 0.396 e. The van der Waals surface area contributed by atoms with Gasteiger partial charge in [0.2, 0.25) is 0 Å². The first-order valence-electron chi connectivity index (χ1n) is 13.6. The summed E-state index contributed by atoms with van der Waals surface area (Å²) in [5.74, 6) is 0. The van der Waals surface area contributed by atoms with Gasteiger partial charge in [0.1, 0.15) is 0 Å². The molecule has 2 nitrogen and oxygen atoms in total. The third-order valence-corrected chi connectivity index (χ3v) is 17.0. The van der Waals surface area contributed by atoms with E-state index in [1.165, 1.54) is 43.0 Å². The third kappa shape index (κ3) is 4.67. The monoisotopic (exact) mass is 534 g/mol. The maximum atomic E-state index is 10.7. The van der Waals surface area contributed by atoms with E-state index in [9.17, 15) is 10.2 Å². The van der Waals surface area contributed by atoms with Crippen LogP contribution in [0.5, 0.6) is 0 Å². The predicted molar refractivity (Wildman–Crippen MR) is 168 cm³/mol. The standard InChI is InChI=1S/C34H38O2Si2/c1-37(2,33(23-35)31-17-9-13-25-11-5-7-15-29(25)31)27-19-21-28(22-20-27)38(3,4)34(24-36)32-18-10-14-26-12-6-8-16-30(26)32/h5-22,33-36H,23-24H2,1-4H3. The van der Waals surface area contributed by atoms with E-state index >= 15 is 0 Å². The lowest BCUT2D eigenvalue weighted by Gasteiger charge is -2.35. The second-order valence-electron chi connectivity index (χ2n) is 11.6. The third-order valence-electron chi connectivity index (χ3n) is 8.88. The number of benzene rings is 5. The Hall–Kier alpha value is -3.03. The van der Waals surface area contributed by atoms with Crippen molar-refractivity contribution in [2.75, 3.05) is 13.2 Å². The minimum Gasteiger partial charge on any atom is -0.396 e. The fourth-order valence-electron chi connectivity index (χ4n) is 6.27. The molecule has 0 amide bonds. The Morgan fingerprint density at radius 2 is 0.816 bits per heavy atom. The smallest absolute Gasteiger partial charge is 0.0906 e. The Morgan fingerprint density at radius 3 is 1.18 bits per heavy atom. The van der Waals surface area contributed by atoms with Crippen molar-refractivity contribution in [3.8, 4) is 0 Å². The first-order chi connectivity index (χ1) is 18.3. The lowest BCUT2D eigenvalue weighted by Crippen LogP contribution is -2.52. The molecule has 5 aromatic rings. The van der Waals surface area contributed by atoms with E-state index in [2.05, 4.69) is 135 Å². The Labute approximate surface area is 228 Å². The molecular formula is C34H38O2Si2. The Morgan fingerprint density at radius 1 is 0.474 bits per heavy atom. The van der Waals surface area contributed by atoms with Crippen molar-refractivity contribution < 1.29 is 10.2 Å². The molecule has 0 spiro atoms. The zero-order valence-corrected chi connectivity index (χ0v) is 24.9. The molecule has 194 valence electrons. The molecule has 0 fully saturated rings. The van der Waals surface area contributed by atoms with Crippen LogP contribution in [0.2, 0.25) is 26.2 Å². The zero-order valence-electron chi connectivity index (χ0n) is 22.9. The minimum absolute atomic E-state index is 0.102. The van der Waals surface area contributed by atoms with Gasteiger partial charge in [0.05, 0.1) is 16.1 Å². The molecule has 0 aliphatic heterocycles. The maximum Gasteiger partial charge on any atom is 0.0906 e. The van der Waals surface area contributed by atoms with E-state index in [1.54, 1.807) is 0 Å². The molecule has 0 heterocycles. The summed E-state index contributed by atoms with van der Waals surface area (Å²) in [4.78, 5) is 0. The second kappa shape index (κ2) is 10.6. The van der Waals surface area contributed by atoms with Gasteiger partial charge in [-0.2, -0.15) is 0 Å². The molecule has 2 atom stereocenters. The van der Waals surface area contributed by atoms with Gasteiger partial charge in [0.15, 0.2) is 0 Å². The van der Waals surface area contributed by atoms with E-state index in [-0.39, 0.29) is 24.3 Å². The molecular weight excluding hydrogens is 497 g/mol. The highest BCUT2D eigenvalue weighted by atomic mass is 28.3. The Balaban J connectivity index is 1.50. The van der Waals surface area contributed by atoms with E-state index in [4.69, 9.17) is 0 Å². The summed E-state index contributed by atoms with van der Waals surface area (Å²) in [6.07, 6.45) is 0. The summed E-state index contributed by atoms with van der Waals surface area (Å²) >= 11 is 0. The first kappa shape index (κ1) is 26.6. The number of fused-ring (bicyclic) bond motifs is 2. The summed E-state index contributed by atoms with van der Waals surface area (Å²) in [5, 5.41) is 28.9. The number of hydrogen-bond donors (Lipinski definition) is 2. The van der Waals surface area contributed by atoms with Crippen LogP contribution in [0.1, 0.15) is 22.2 Å². The highest BCUT2D eigenvalue weighted by Crippen LogP contribution is 2.34. The molecule has 5 rings (SSSR count). The van der Waals surface area contributed by atoms with E-state index < -0.39 is 16.1 Å². The van der Waals surface area contributed by atoms with Crippen molar-refractivity contribution in [2.24, 2.45) is 0 Å². The lowest BCUT2D eigenvalue weighted by molar-refractivity contribution is 0.291. The highest BCUT2D eigenvalue weighted by molar-refractivity contribution is 6.92. The summed E-state index contributed by atoms with van der Waals surface area (Å²) in [6.45, 7) is 9.78. The van der Waals surface area contributed by atoms with Gasteiger partial charge in [-0.3, -0.25) is 0 Å². The normalized spacial score (nSPS) is 14.1. The van der Waals surface area contributed by atoms with E-state index in [0.29, 0.717) is 0 Å². The van der Waals surface area contributed by atoms with Crippen molar-refractivity contribution in [2.45, 2.75) is 37.3 Å². The van der Waals surface area contributed by atoms with Crippen LogP contribution >= 0.6 is 0 Å². The SMILES string of the molecule is C[Si](C)(c1ccc([Si](C)(C)C(CO)c2cccc3ccccc23)cc1)C(CO)c1cccc2ccccc12. The minimum atomic E-state index is -2.07. The van der Waals surface area contributed by atoms with Crippen molar-refractivity contribution in [3.05, 3.63) is 120 Å². The van der Waals surface area contributed by atoms with Crippen LogP contribution in [0.4, 0.5) is 0 Å². The van der Waals surface area contributed by atoms with Crippen LogP contribution in [0.15, 0.2) is 109 Å². The second-order valence-corrected chi connectivity index (χ2v) is 21.1. The van der Waals surface area contributed by atoms with Gasteiger partial charge in [-0.15, -0.1) is 0 Å². The number of aliphatic hydroxyl groups is 2. The van der Waals surface area contributed by atoms with Crippen molar-refractivity contribution in [1.29, 1.82) is 0 Å². The van der Waals surface area contributed by atoms with Gasteiger partial charge in [0, 0.05) is 24.3 Å². The average Bonchev–Trinajstić information content (AvgIpc) is 2.94. The quantitative estimate of drug-likeness (QED) is 0.225. The number of hydrogen-bond acceptors (Lipinski definition) is 2. The Bertz CT molecular complexity index is 1430. The number of rotatable bonds is 8. The molecule has 0 radical (unpaired) electrons. The van der Waals surface area contributed by atoms with Crippen LogP contribution in [-0.4, -0.2) is 39.6 Å². The topological polar surface area (TPSA) is 40.5 Å². The van der Waals surface area contributed by atoms with Crippen molar-refractivity contribution in [1.82, 2.24) is 0 Å². The van der Waals surface area contributed by atoms with Gasteiger partial charge in [-0.25, -0.2) is 0 Å². The van der Waals surface area contributed by atoms with Crippen molar-refractivity contribution in [3.63, 3.8) is 0 Å². The lowest BCUT2D eigenvalue weighted by atomic mass is 10.0. The average molecular weight is 535 g/mol. The molecule has 5 aromatic carbocycles. The fourth-order valence-corrected chi connectivity index (χ4v) is 12.1. The summed E-state index contributed by atoms with van der Waals surface area (Å²) in [6, 6.07) is 39.1. The highest BCUT2D eigenvalue weighted by Gasteiger charge is 2.38. The molecule has 2 N–H and O–H groups in total. The van der Waals surface area contributed by atoms with Crippen LogP contribution < -0.4 is 10.4 Å². The van der Waals surface area contributed by atoms with Gasteiger partial charge < -0.3 is 10.2 Å². The van der Waals surface area contributed by atoms with E-state index in [1.807, 2.05) is 0 Å². The van der Waals surface area contributed by atoms with E-state index in [0.717, 1.165) is 0 Å². The maximum absolute atomic E-state index is 10.7. The molecule has 0 saturated carbocycles. The van der Waals surface area contributed by atoms with Gasteiger partial charge >= 0.3 is 0 Å². The first-order valence-corrected chi connectivity index (χ1v) is 19.7. The zero-order chi connectivity index (χ0) is 26.9. The molecule has 0 aromatic heterocycles. The summed E-state index contributed by atoms with van der Waals surface area (Å²) < 4.78 is 0. The molecule has 0 bridgehead atoms. The van der Waals surface area contributed by atoms with Crippen LogP contribution in [0.25, 0.3) is 21.5 Å². The van der Waals surface area contributed by atoms with Gasteiger partial charge in [-0.1, -0.05) is 146 Å². The van der Waals surface area contributed by atoms with Crippen LogP contribution in [0.3, 0.4) is 0 Å². The van der Waals surface area contributed by atoms with Crippen molar-refractivity contribution >= 4 is 48.1 Å². The van der Waals surface area contributed by atoms with Gasteiger partial charge in [0.25, 0.3) is 0 Å².